The Kier molecular flexibility index (Phi) is 6.63. The molecule has 6 nitrogen and oxygen atoms in total. The van der Waals surface area contributed by atoms with Crippen molar-refractivity contribution in [3.8, 4) is 6.07 Å². The molecule has 5 aliphatic carbocycles. The third-order valence-corrected chi connectivity index (χ3v) is 9.73. The number of allylic oxidation sites excluding steroid dienone is 7. The molecule has 0 heterocycles. The van der Waals surface area contributed by atoms with E-state index in [9.17, 15) is 15.2 Å². The molecule has 5 rings (SSSR count). The number of rotatable bonds is 4. The van der Waals surface area contributed by atoms with Crippen LogP contribution >= 0.6 is 0 Å². The van der Waals surface area contributed by atoms with Gasteiger partial charge in [-0.15, -0.1) is 0 Å². The van der Waals surface area contributed by atoms with Crippen LogP contribution < -0.4 is 0 Å². The third-order valence-electron chi connectivity index (χ3n) is 9.73. The second-order valence-corrected chi connectivity index (χ2v) is 12.8. The second kappa shape index (κ2) is 9.49. The van der Waals surface area contributed by atoms with Crippen molar-refractivity contribution in [3.63, 3.8) is 0 Å². The summed E-state index contributed by atoms with van der Waals surface area (Å²) >= 11 is 0. The largest absolute Gasteiger partial charge is 0.465 e. The Morgan fingerprint density at radius 2 is 2.08 bits per heavy atom. The molecule has 4 atom stereocenters. The van der Waals surface area contributed by atoms with Gasteiger partial charge in [0.1, 0.15) is 5.60 Å². The van der Waals surface area contributed by atoms with Gasteiger partial charge in [-0.05, 0) is 119 Å². The van der Waals surface area contributed by atoms with Crippen LogP contribution in [0.3, 0.4) is 0 Å². The van der Waals surface area contributed by atoms with Gasteiger partial charge < -0.3 is 9.94 Å². The normalized spacial score (nSPS) is 34.1. The number of nitrogens with zero attached hydrogens (tertiary/aromatic N) is 3. The zero-order chi connectivity index (χ0) is 26.4. The molecular weight excluding hydrogens is 462 g/mol. The Balaban J connectivity index is 1.54. The summed E-state index contributed by atoms with van der Waals surface area (Å²) in [7, 11) is 0. The lowest BCUT2D eigenvalue weighted by molar-refractivity contribution is -0.0192. The van der Waals surface area contributed by atoms with Crippen LogP contribution in [0.25, 0.3) is 0 Å². The van der Waals surface area contributed by atoms with Crippen LogP contribution in [0.2, 0.25) is 0 Å². The SMILES string of the molecule is CC(C)(C)ON=C1C=C(N(C(=O)O)[C@@]2(CC#N)CCC3C4CCC5=CCCCC5=C4CC[C@@]32C)C=CC1. The second-order valence-electron chi connectivity index (χ2n) is 12.8. The van der Waals surface area contributed by atoms with Crippen LogP contribution in [-0.2, 0) is 4.84 Å². The first-order chi connectivity index (χ1) is 17.6. The summed E-state index contributed by atoms with van der Waals surface area (Å²) in [6.45, 7) is 8.11. The Morgan fingerprint density at radius 3 is 2.81 bits per heavy atom. The summed E-state index contributed by atoms with van der Waals surface area (Å²) in [5, 5.41) is 25.1. The fourth-order valence-corrected chi connectivity index (χ4v) is 8.13. The average Bonchev–Trinajstić information content (AvgIpc) is 3.15. The molecule has 0 aromatic carbocycles. The molecule has 0 spiro atoms. The van der Waals surface area contributed by atoms with Gasteiger partial charge in [-0.25, -0.2) is 4.79 Å². The predicted octanol–water partition coefficient (Wildman–Crippen LogP) is 7.66. The number of oxime groups is 1. The van der Waals surface area contributed by atoms with E-state index in [1.807, 2.05) is 39.0 Å². The van der Waals surface area contributed by atoms with Crippen molar-refractivity contribution in [1.29, 1.82) is 5.26 Å². The molecule has 2 fully saturated rings. The zero-order valence-corrected chi connectivity index (χ0v) is 22.8. The molecule has 1 amide bonds. The highest BCUT2D eigenvalue weighted by Gasteiger charge is 2.64. The summed E-state index contributed by atoms with van der Waals surface area (Å²) in [6, 6.07) is 2.42. The molecule has 6 heteroatoms. The molecule has 198 valence electrons. The van der Waals surface area contributed by atoms with Gasteiger partial charge in [0.05, 0.1) is 23.7 Å². The van der Waals surface area contributed by atoms with Crippen LogP contribution in [0.4, 0.5) is 4.79 Å². The molecule has 0 aliphatic heterocycles. The van der Waals surface area contributed by atoms with Crippen LogP contribution in [0.5, 0.6) is 0 Å². The molecule has 2 unspecified atom stereocenters. The van der Waals surface area contributed by atoms with Crippen molar-refractivity contribution in [2.45, 2.75) is 109 Å². The molecule has 37 heavy (non-hydrogen) atoms. The van der Waals surface area contributed by atoms with Gasteiger partial charge in [-0.3, -0.25) is 4.90 Å². The van der Waals surface area contributed by atoms with E-state index in [1.165, 1.54) is 19.3 Å². The molecule has 0 aromatic rings. The van der Waals surface area contributed by atoms with E-state index in [0.717, 1.165) is 32.1 Å². The first kappa shape index (κ1) is 25.8. The zero-order valence-electron chi connectivity index (χ0n) is 22.8. The van der Waals surface area contributed by atoms with Crippen LogP contribution in [0.15, 0.2) is 51.9 Å². The number of hydrogen-bond donors (Lipinski definition) is 1. The van der Waals surface area contributed by atoms with Crippen molar-refractivity contribution in [3.05, 3.63) is 46.7 Å². The number of carboxylic acid groups (broad SMARTS) is 1. The maximum Gasteiger partial charge on any atom is 0.412 e. The van der Waals surface area contributed by atoms with Gasteiger partial charge in [-0.1, -0.05) is 29.8 Å². The van der Waals surface area contributed by atoms with Gasteiger partial charge in [0.2, 0.25) is 0 Å². The number of fused-ring (bicyclic) bond motifs is 4. The number of nitriles is 1. The topological polar surface area (TPSA) is 85.9 Å². The van der Waals surface area contributed by atoms with E-state index < -0.39 is 17.2 Å². The minimum Gasteiger partial charge on any atom is -0.465 e. The van der Waals surface area contributed by atoms with Crippen LogP contribution in [0.1, 0.15) is 98.3 Å². The summed E-state index contributed by atoms with van der Waals surface area (Å²) in [5.74, 6) is 0.904. The van der Waals surface area contributed by atoms with Crippen molar-refractivity contribution >= 4 is 11.8 Å². The maximum atomic E-state index is 13.0. The molecule has 2 saturated carbocycles. The van der Waals surface area contributed by atoms with E-state index >= 15 is 0 Å². The number of carbonyl (C=O) groups is 1. The summed E-state index contributed by atoms with van der Waals surface area (Å²) in [4.78, 5) is 20.2. The lowest BCUT2D eigenvalue weighted by Crippen LogP contribution is -2.60. The lowest BCUT2D eigenvalue weighted by Gasteiger charge is -2.56. The van der Waals surface area contributed by atoms with Gasteiger partial charge >= 0.3 is 6.09 Å². The highest BCUT2D eigenvalue weighted by atomic mass is 16.6. The van der Waals surface area contributed by atoms with E-state index in [1.54, 1.807) is 21.6 Å². The minimum absolute atomic E-state index is 0.201. The Bertz CT molecular complexity index is 1160. The van der Waals surface area contributed by atoms with E-state index in [0.29, 0.717) is 36.1 Å². The quantitative estimate of drug-likeness (QED) is 0.399. The van der Waals surface area contributed by atoms with Crippen molar-refractivity contribution in [2.75, 3.05) is 0 Å². The highest BCUT2D eigenvalue weighted by molar-refractivity contribution is 5.98. The molecule has 0 bridgehead atoms. The summed E-state index contributed by atoms with van der Waals surface area (Å²) < 4.78 is 0. The lowest BCUT2D eigenvalue weighted by atomic mass is 9.53. The monoisotopic (exact) mass is 503 g/mol. The smallest absolute Gasteiger partial charge is 0.412 e. The van der Waals surface area contributed by atoms with Crippen LogP contribution in [0, 0.1) is 28.6 Å². The molecule has 5 aliphatic rings. The average molecular weight is 504 g/mol. The van der Waals surface area contributed by atoms with Gasteiger partial charge in [-0.2, -0.15) is 5.26 Å². The van der Waals surface area contributed by atoms with Crippen molar-refractivity contribution in [1.82, 2.24) is 4.90 Å². The highest BCUT2D eigenvalue weighted by Crippen LogP contribution is 2.66. The van der Waals surface area contributed by atoms with Crippen LogP contribution in [-0.4, -0.2) is 33.0 Å². The van der Waals surface area contributed by atoms with Gasteiger partial charge in [0.25, 0.3) is 0 Å². The Hall–Kier alpha value is -2.81. The first-order valence-corrected chi connectivity index (χ1v) is 14.0. The number of amides is 1. The van der Waals surface area contributed by atoms with Gasteiger partial charge in [0, 0.05) is 12.1 Å². The summed E-state index contributed by atoms with van der Waals surface area (Å²) in [5.41, 5.74) is 4.69. The fourth-order valence-electron chi connectivity index (χ4n) is 8.13. The molecule has 0 aromatic heterocycles. The standard InChI is InChI=1S/C31H41N3O3/c1-29(2,3)37-33-22-9-7-10-23(20-22)34(28(35)36)31(18-19-32)17-15-27-26-13-12-21-8-5-6-11-24(21)25(26)14-16-30(27,31)4/h7-8,10,20,26-27H,5-6,9,11-18H2,1-4H3,(H,35,36)/t26?,27?,30-,31+/m0/s1. The maximum absolute atomic E-state index is 13.0. The molecular formula is C31H41N3O3. The van der Waals surface area contributed by atoms with E-state index in [-0.39, 0.29) is 11.8 Å². The predicted molar refractivity (Wildman–Crippen MR) is 145 cm³/mol. The molecule has 1 N–H and O–H groups in total. The van der Waals surface area contributed by atoms with Crippen molar-refractivity contribution in [2.24, 2.45) is 22.4 Å². The Labute approximate surface area is 221 Å². The fraction of sp³-hybridized carbons (Fsp3) is 0.645. The first-order valence-electron chi connectivity index (χ1n) is 14.0. The van der Waals surface area contributed by atoms with Gasteiger partial charge in [0.15, 0.2) is 0 Å². The molecule has 0 saturated heterocycles. The third kappa shape index (κ3) is 4.35. The van der Waals surface area contributed by atoms with Crippen molar-refractivity contribution < 1.29 is 14.7 Å². The van der Waals surface area contributed by atoms with E-state index in [2.05, 4.69) is 24.2 Å². The molecule has 0 radical (unpaired) electrons. The Morgan fingerprint density at radius 1 is 1.27 bits per heavy atom. The van der Waals surface area contributed by atoms with E-state index in [4.69, 9.17) is 4.84 Å². The number of hydrogen-bond acceptors (Lipinski definition) is 4. The minimum atomic E-state index is -0.990. The summed E-state index contributed by atoms with van der Waals surface area (Å²) in [6.07, 6.45) is 17.5.